The summed E-state index contributed by atoms with van der Waals surface area (Å²) in [4.78, 5) is 29.8. The zero-order valence-electron chi connectivity index (χ0n) is 17.8. The molecule has 0 spiro atoms. The van der Waals surface area contributed by atoms with Gasteiger partial charge in [-0.2, -0.15) is 0 Å². The first kappa shape index (κ1) is 20.0. The van der Waals surface area contributed by atoms with Gasteiger partial charge in [-0.3, -0.25) is 4.79 Å². The number of benzene rings is 1. The number of ether oxygens (including phenoxy) is 2. The molecule has 2 aromatic heterocycles. The number of aldehydes is 1. The predicted octanol–water partition coefficient (Wildman–Crippen LogP) is 3.39. The van der Waals surface area contributed by atoms with E-state index in [4.69, 9.17) is 14.5 Å². The van der Waals surface area contributed by atoms with E-state index in [-0.39, 0.29) is 18.0 Å². The highest BCUT2D eigenvalue weighted by Gasteiger charge is 2.31. The summed E-state index contributed by atoms with van der Waals surface area (Å²) in [5.41, 5.74) is 6.47. The molecule has 1 aliphatic carbocycles. The number of hydrogen-bond acceptors (Lipinski definition) is 5. The molecule has 0 radical (unpaired) electrons. The molecule has 2 aliphatic rings. The molecule has 1 atom stereocenters. The van der Waals surface area contributed by atoms with E-state index < -0.39 is 6.10 Å². The third-order valence-corrected chi connectivity index (χ3v) is 6.64. The van der Waals surface area contributed by atoms with Gasteiger partial charge in [-0.25, -0.2) is 9.37 Å². The lowest BCUT2D eigenvalue weighted by atomic mass is 9.85. The molecule has 0 saturated carbocycles. The molecule has 1 unspecified atom stereocenters. The highest BCUT2D eigenvalue weighted by atomic mass is 19.1. The molecule has 31 heavy (non-hydrogen) atoms. The third-order valence-electron chi connectivity index (χ3n) is 6.64. The SMILES string of the molecule is COCc1c(C(C=O)OC)cc2n(c1=O)Cc1c-2nc2cc(F)c(C)c3c2c1CCC3. The number of pyridine rings is 2. The molecule has 1 aliphatic heterocycles. The van der Waals surface area contributed by atoms with E-state index in [0.29, 0.717) is 46.4 Å². The second kappa shape index (κ2) is 7.35. The van der Waals surface area contributed by atoms with Crippen LogP contribution in [0.15, 0.2) is 16.9 Å². The second-order valence-electron chi connectivity index (χ2n) is 8.21. The van der Waals surface area contributed by atoms with E-state index >= 15 is 0 Å². The van der Waals surface area contributed by atoms with Gasteiger partial charge in [-0.05, 0) is 48.9 Å². The van der Waals surface area contributed by atoms with Crippen molar-refractivity contribution in [2.75, 3.05) is 14.2 Å². The van der Waals surface area contributed by atoms with Crippen molar-refractivity contribution in [3.63, 3.8) is 0 Å². The Kier molecular flexibility index (Phi) is 4.75. The zero-order chi connectivity index (χ0) is 21.9. The maximum atomic E-state index is 14.6. The van der Waals surface area contributed by atoms with Gasteiger partial charge in [0.1, 0.15) is 11.9 Å². The third kappa shape index (κ3) is 2.80. The number of aromatic nitrogens is 2. The van der Waals surface area contributed by atoms with E-state index in [1.807, 2.05) is 6.92 Å². The predicted molar refractivity (Wildman–Crippen MR) is 114 cm³/mol. The van der Waals surface area contributed by atoms with Crippen molar-refractivity contribution in [1.82, 2.24) is 9.55 Å². The van der Waals surface area contributed by atoms with E-state index in [2.05, 4.69) is 0 Å². The lowest BCUT2D eigenvalue weighted by Crippen LogP contribution is -2.27. The van der Waals surface area contributed by atoms with E-state index in [1.54, 1.807) is 10.6 Å². The normalized spacial score (nSPS) is 15.1. The summed E-state index contributed by atoms with van der Waals surface area (Å²) < 4.78 is 26.8. The molecule has 6 nitrogen and oxygen atoms in total. The van der Waals surface area contributed by atoms with Crippen LogP contribution in [0.2, 0.25) is 0 Å². The minimum Gasteiger partial charge on any atom is -0.380 e. The number of carbonyl (C=O) groups excluding carboxylic acids is 1. The Morgan fingerprint density at radius 2 is 2.00 bits per heavy atom. The van der Waals surface area contributed by atoms with Gasteiger partial charge in [0.15, 0.2) is 6.29 Å². The number of hydrogen-bond donors (Lipinski definition) is 0. The maximum absolute atomic E-state index is 14.6. The standard InChI is InChI=1S/C24H23FN2O4/c1-12-13-5-4-6-14-16-9-27-20(23(16)26-19(22(13)14)8-18(12)25)7-15(21(10-28)31-3)17(11-30-2)24(27)29/h7-8,10,21H,4-6,9,11H2,1-3H3. The van der Waals surface area contributed by atoms with Gasteiger partial charge in [0, 0.05) is 42.4 Å². The second-order valence-corrected chi connectivity index (χ2v) is 8.21. The van der Waals surface area contributed by atoms with E-state index in [1.165, 1.54) is 20.3 Å². The highest BCUT2D eigenvalue weighted by molar-refractivity contribution is 5.92. The zero-order valence-corrected chi connectivity index (χ0v) is 17.8. The van der Waals surface area contributed by atoms with Gasteiger partial charge >= 0.3 is 0 Å². The van der Waals surface area contributed by atoms with Crippen LogP contribution in [0.3, 0.4) is 0 Å². The Morgan fingerprint density at radius 1 is 1.23 bits per heavy atom. The number of carbonyl (C=O) groups is 1. The number of nitrogens with zero attached hydrogens (tertiary/aromatic N) is 2. The monoisotopic (exact) mass is 422 g/mol. The van der Waals surface area contributed by atoms with Crippen LogP contribution in [0.5, 0.6) is 0 Å². The van der Waals surface area contributed by atoms with Gasteiger partial charge in [0.2, 0.25) is 0 Å². The van der Waals surface area contributed by atoms with Gasteiger partial charge in [0.25, 0.3) is 5.56 Å². The molecule has 3 aromatic rings. The fraction of sp³-hybridized carbons (Fsp3) is 0.375. The van der Waals surface area contributed by atoms with Gasteiger partial charge in [-0.1, -0.05) is 0 Å². The number of fused-ring (bicyclic) bond motifs is 4. The van der Waals surface area contributed by atoms with Crippen LogP contribution < -0.4 is 5.56 Å². The summed E-state index contributed by atoms with van der Waals surface area (Å²) in [7, 11) is 2.94. The minimum absolute atomic E-state index is 0.0787. The number of halogens is 1. The van der Waals surface area contributed by atoms with Crippen LogP contribution in [0.4, 0.5) is 4.39 Å². The number of rotatable bonds is 5. The molecule has 7 heteroatoms. The first-order chi connectivity index (χ1) is 15.0. The smallest absolute Gasteiger partial charge is 0.257 e. The van der Waals surface area contributed by atoms with Crippen molar-refractivity contribution in [3.05, 3.63) is 61.7 Å². The Balaban J connectivity index is 1.83. The van der Waals surface area contributed by atoms with Crippen molar-refractivity contribution in [2.45, 2.75) is 45.4 Å². The fourth-order valence-corrected chi connectivity index (χ4v) is 5.12. The lowest BCUT2D eigenvalue weighted by Gasteiger charge is -2.21. The molecular formula is C24H23FN2O4. The first-order valence-corrected chi connectivity index (χ1v) is 10.4. The van der Waals surface area contributed by atoms with Gasteiger partial charge in [0.05, 0.1) is 30.1 Å². The van der Waals surface area contributed by atoms with Crippen molar-refractivity contribution >= 4 is 17.2 Å². The van der Waals surface area contributed by atoms with Crippen LogP contribution in [0.25, 0.3) is 22.3 Å². The number of aryl methyl sites for hydroxylation is 2. The first-order valence-electron chi connectivity index (χ1n) is 10.4. The van der Waals surface area contributed by atoms with Crippen molar-refractivity contribution in [1.29, 1.82) is 0 Å². The summed E-state index contributed by atoms with van der Waals surface area (Å²) in [5, 5.41) is 1.03. The Morgan fingerprint density at radius 3 is 2.71 bits per heavy atom. The Hall–Kier alpha value is -2.90. The fourth-order valence-electron chi connectivity index (χ4n) is 5.12. The summed E-state index contributed by atoms with van der Waals surface area (Å²) in [5.74, 6) is -0.255. The van der Waals surface area contributed by atoms with Crippen LogP contribution in [0.1, 0.15) is 45.9 Å². The minimum atomic E-state index is -0.877. The van der Waals surface area contributed by atoms with E-state index in [0.717, 1.165) is 41.3 Å². The van der Waals surface area contributed by atoms with E-state index in [9.17, 15) is 14.0 Å². The van der Waals surface area contributed by atoms with Crippen LogP contribution in [-0.2, 0) is 40.3 Å². The summed E-state index contributed by atoms with van der Waals surface area (Å²) in [6.45, 7) is 2.31. The summed E-state index contributed by atoms with van der Waals surface area (Å²) >= 11 is 0. The molecule has 0 fully saturated rings. The van der Waals surface area contributed by atoms with Crippen LogP contribution in [-0.4, -0.2) is 30.1 Å². The highest BCUT2D eigenvalue weighted by Crippen LogP contribution is 2.41. The molecule has 160 valence electrons. The molecule has 1 aromatic carbocycles. The average Bonchev–Trinajstić information content (AvgIpc) is 3.14. The largest absolute Gasteiger partial charge is 0.380 e. The number of methoxy groups -OCH3 is 2. The van der Waals surface area contributed by atoms with Gasteiger partial charge in [-0.15, -0.1) is 0 Å². The summed E-state index contributed by atoms with van der Waals surface area (Å²) in [6, 6.07) is 3.29. The molecule has 0 saturated heterocycles. The molecule has 0 amide bonds. The lowest BCUT2D eigenvalue weighted by molar-refractivity contribution is -0.116. The topological polar surface area (TPSA) is 70.4 Å². The maximum Gasteiger partial charge on any atom is 0.257 e. The Labute approximate surface area is 178 Å². The van der Waals surface area contributed by atoms with Crippen LogP contribution in [0, 0.1) is 12.7 Å². The van der Waals surface area contributed by atoms with Crippen molar-refractivity contribution in [3.8, 4) is 11.4 Å². The van der Waals surface area contributed by atoms with Gasteiger partial charge < -0.3 is 18.8 Å². The summed E-state index contributed by atoms with van der Waals surface area (Å²) in [6.07, 6.45) is 2.43. The van der Waals surface area contributed by atoms with Crippen LogP contribution >= 0.6 is 0 Å². The van der Waals surface area contributed by atoms with Crippen molar-refractivity contribution < 1.29 is 18.7 Å². The molecule has 0 bridgehead atoms. The molecular weight excluding hydrogens is 399 g/mol. The average molecular weight is 422 g/mol. The quantitative estimate of drug-likeness (QED) is 0.461. The molecule has 0 N–H and O–H groups in total. The Bertz CT molecular complexity index is 1310. The molecule has 5 rings (SSSR count). The van der Waals surface area contributed by atoms with Crippen molar-refractivity contribution in [2.24, 2.45) is 0 Å². The molecule has 3 heterocycles.